The number of hydrazone groups is 1. The van der Waals surface area contributed by atoms with Gasteiger partial charge in [0.05, 0.1) is 5.71 Å². The number of aryl methyl sites for hydroxylation is 1. The maximum absolute atomic E-state index is 13.4. The van der Waals surface area contributed by atoms with Gasteiger partial charge in [0.15, 0.2) is 0 Å². The Bertz CT molecular complexity index is 736. The summed E-state index contributed by atoms with van der Waals surface area (Å²) in [6, 6.07) is 4.68. The van der Waals surface area contributed by atoms with Crippen LogP contribution in [0.1, 0.15) is 18.1 Å². The Morgan fingerprint density at radius 3 is 2.32 bits per heavy atom. The van der Waals surface area contributed by atoms with Crippen molar-refractivity contribution in [2.45, 2.75) is 13.8 Å². The maximum atomic E-state index is 13.4. The number of aromatic hydroxyl groups is 1. The number of aromatic nitrogens is 1. The molecule has 2 aromatic rings. The summed E-state index contributed by atoms with van der Waals surface area (Å²) in [4.78, 5) is 2.43. The van der Waals surface area contributed by atoms with Crippen LogP contribution in [-0.4, -0.2) is 15.8 Å². The van der Waals surface area contributed by atoms with Crippen molar-refractivity contribution >= 4 is 11.4 Å². The number of phenolic OH excluding ortho intramolecular Hbond substituents is 1. The number of nitrogens with zero attached hydrogens (tertiary/aromatic N) is 2. The Morgan fingerprint density at radius 1 is 1.14 bits per heavy atom. The first-order valence-corrected chi connectivity index (χ1v) is 6.11. The highest BCUT2D eigenvalue weighted by Crippen LogP contribution is 2.23. The largest absolute Gasteiger partial charge is 0.507 e. The minimum atomic E-state index is -1.78. The van der Waals surface area contributed by atoms with E-state index in [9.17, 15) is 22.7 Å². The number of hydrogen-bond donors (Lipinski definition) is 2. The van der Waals surface area contributed by atoms with Crippen molar-refractivity contribution in [3.63, 3.8) is 0 Å². The fourth-order valence-corrected chi connectivity index (χ4v) is 1.72. The van der Waals surface area contributed by atoms with Gasteiger partial charge in [-0.1, -0.05) is 11.6 Å². The second kappa shape index (κ2) is 6.00. The van der Waals surface area contributed by atoms with E-state index in [1.54, 1.807) is 19.1 Å². The topological polar surface area (TPSA) is 57.5 Å². The Hall–Kier alpha value is -2.64. The summed E-state index contributed by atoms with van der Waals surface area (Å²) >= 11 is 0. The molecule has 0 fully saturated rings. The van der Waals surface area contributed by atoms with Crippen LogP contribution < -0.4 is 5.43 Å². The molecule has 1 aromatic carbocycles. The summed E-state index contributed by atoms with van der Waals surface area (Å²) in [5, 5.41) is 13.3. The highest BCUT2D eigenvalue weighted by molar-refractivity contribution is 6.01. The van der Waals surface area contributed by atoms with E-state index in [0.717, 1.165) is 5.56 Å². The smallest absolute Gasteiger partial charge is 0.254 e. The molecule has 4 nitrogen and oxygen atoms in total. The lowest BCUT2D eigenvalue weighted by Crippen LogP contribution is -2.08. The van der Waals surface area contributed by atoms with Crippen LogP contribution in [0, 0.1) is 30.5 Å². The molecule has 8 heteroatoms. The highest BCUT2D eigenvalue weighted by atomic mass is 19.2. The molecule has 0 aliphatic carbocycles. The standard InChI is InChI=1S/C14H11F4N3O/c1-6-3-4-9(22)8(5-6)7(2)20-21-12-10(15)13(17)19-14(18)11(12)16/h3-5,22H,1-2H3,(H,19,21)/b20-7+. The van der Waals surface area contributed by atoms with E-state index in [2.05, 4.69) is 10.1 Å². The molecule has 0 spiro atoms. The van der Waals surface area contributed by atoms with Gasteiger partial charge in [-0.05, 0) is 26.0 Å². The second-order valence-electron chi connectivity index (χ2n) is 4.53. The Morgan fingerprint density at radius 2 is 1.73 bits per heavy atom. The van der Waals surface area contributed by atoms with E-state index >= 15 is 0 Å². The number of halogens is 4. The van der Waals surface area contributed by atoms with Gasteiger partial charge in [0.2, 0.25) is 11.6 Å². The van der Waals surface area contributed by atoms with Gasteiger partial charge in [0.25, 0.3) is 11.9 Å². The van der Waals surface area contributed by atoms with Gasteiger partial charge >= 0.3 is 0 Å². The monoisotopic (exact) mass is 313 g/mol. The highest BCUT2D eigenvalue weighted by Gasteiger charge is 2.20. The minimum absolute atomic E-state index is 0.0957. The third-order valence-electron chi connectivity index (χ3n) is 2.87. The van der Waals surface area contributed by atoms with E-state index in [-0.39, 0.29) is 11.5 Å². The van der Waals surface area contributed by atoms with Crippen LogP contribution in [-0.2, 0) is 0 Å². The molecular weight excluding hydrogens is 302 g/mol. The van der Waals surface area contributed by atoms with Gasteiger partial charge in [-0.2, -0.15) is 27.6 Å². The number of pyridine rings is 1. The van der Waals surface area contributed by atoms with Crippen LogP contribution >= 0.6 is 0 Å². The molecule has 0 saturated carbocycles. The summed E-state index contributed by atoms with van der Waals surface area (Å²) in [6.45, 7) is 3.22. The number of rotatable bonds is 3. The van der Waals surface area contributed by atoms with Crippen LogP contribution in [0.5, 0.6) is 5.75 Å². The zero-order valence-corrected chi connectivity index (χ0v) is 11.6. The molecule has 0 unspecified atom stereocenters. The van der Waals surface area contributed by atoms with Gasteiger partial charge in [-0.25, -0.2) is 0 Å². The number of anilines is 1. The lowest BCUT2D eigenvalue weighted by Gasteiger charge is -2.08. The molecule has 0 saturated heterocycles. The molecule has 0 bridgehead atoms. The quantitative estimate of drug-likeness (QED) is 0.395. The first-order valence-electron chi connectivity index (χ1n) is 6.11. The van der Waals surface area contributed by atoms with E-state index in [1.807, 2.05) is 5.43 Å². The van der Waals surface area contributed by atoms with Crippen molar-refractivity contribution in [1.82, 2.24) is 4.98 Å². The molecule has 0 radical (unpaired) electrons. The molecule has 0 aliphatic rings. The average Bonchev–Trinajstić information content (AvgIpc) is 2.47. The third kappa shape index (κ3) is 3.00. The molecule has 22 heavy (non-hydrogen) atoms. The van der Waals surface area contributed by atoms with E-state index in [4.69, 9.17) is 0 Å². The van der Waals surface area contributed by atoms with Crippen molar-refractivity contribution < 1.29 is 22.7 Å². The molecule has 2 N–H and O–H groups in total. The second-order valence-corrected chi connectivity index (χ2v) is 4.53. The predicted molar refractivity (Wildman–Crippen MR) is 72.7 cm³/mol. The molecule has 1 aromatic heterocycles. The third-order valence-corrected chi connectivity index (χ3v) is 2.87. The Balaban J connectivity index is 2.38. The molecule has 0 amide bonds. The number of nitrogens with one attached hydrogen (secondary N) is 1. The SMILES string of the molecule is C/C(=N\Nc1c(F)c(F)nc(F)c1F)c1cc(C)ccc1O. The fraction of sp³-hybridized carbons (Fsp3) is 0.143. The predicted octanol–water partition coefficient (Wildman–Crippen LogP) is 3.49. The van der Waals surface area contributed by atoms with Crippen LogP contribution in [0.3, 0.4) is 0 Å². The first-order chi connectivity index (χ1) is 10.3. The van der Waals surface area contributed by atoms with Gasteiger partial charge in [0.1, 0.15) is 11.4 Å². The van der Waals surface area contributed by atoms with E-state index < -0.39 is 29.2 Å². The Kier molecular flexibility index (Phi) is 4.30. The van der Waals surface area contributed by atoms with Gasteiger partial charge in [-0.3, -0.25) is 5.43 Å². The maximum Gasteiger partial charge on any atom is 0.254 e. The normalized spacial score (nSPS) is 11.6. The molecule has 1 heterocycles. The lowest BCUT2D eigenvalue weighted by atomic mass is 10.1. The zero-order valence-electron chi connectivity index (χ0n) is 11.6. The summed E-state index contributed by atoms with van der Waals surface area (Å²) in [7, 11) is 0. The van der Waals surface area contributed by atoms with Crippen LogP contribution in [0.4, 0.5) is 23.2 Å². The molecule has 0 aliphatic heterocycles. The first kappa shape index (κ1) is 15.7. The van der Waals surface area contributed by atoms with Gasteiger partial charge in [-0.15, -0.1) is 0 Å². The summed E-state index contributed by atoms with van der Waals surface area (Å²) in [5.74, 6) is -7.05. The number of benzene rings is 1. The average molecular weight is 313 g/mol. The summed E-state index contributed by atoms with van der Waals surface area (Å²) in [6.07, 6.45) is 0. The molecule has 2 rings (SSSR count). The number of phenols is 1. The molecular formula is C14H11F4N3O. The summed E-state index contributed by atoms with van der Waals surface area (Å²) < 4.78 is 52.8. The lowest BCUT2D eigenvalue weighted by molar-refractivity contribution is 0.411. The van der Waals surface area contributed by atoms with Gasteiger partial charge < -0.3 is 5.11 Å². The van der Waals surface area contributed by atoms with Crippen molar-refractivity contribution in [2.75, 3.05) is 5.43 Å². The molecule has 116 valence electrons. The van der Waals surface area contributed by atoms with Crippen molar-refractivity contribution in [3.8, 4) is 5.75 Å². The molecule has 0 atom stereocenters. The van der Waals surface area contributed by atoms with E-state index in [0.29, 0.717) is 5.56 Å². The Labute approximate surface area is 123 Å². The van der Waals surface area contributed by atoms with Crippen LogP contribution in [0.15, 0.2) is 23.3 Å². The van der Waals surface area contributed by atoms with Crippen molar-refractivity contribution in [3.05, 3.63) is 52.9 Å². The fourth-order valence-electron chi connectivity index (χ4n) is 1.72. The van der Waals surface area contributed by atoms with Crippen molar-refractivity contribution in [1.29, 1.82) is 0 Å². The van der Waals surface area contributed by atoms with Crippen LogP contribution in [0.25, 0.3) is 0 Å². The zero-order chi connectivity index (χ0) is 16.4. The van der Waals surface area contributed by atoms with Crippen molar-refractivity contribution in [2.24, 2.45) is 5.10 Å². The van der Waals surface area contributed by atoms with E-state index in [1.165, 1.54) is 13.0 Å². The van der Waals surface area contributed by atoms with Crippen LogP contribution in [0.2, 0.25) is 0 Å². The van der Waals surface area contributed by atoms with Gasteiger partial charge in [0, 0.05) is 5.56 Å². The summed E-state index contributed by atoms with van der Waals surface area (Å²) in [5.41, 5.74) is 2.11. The number of hydrogen-bond acceptors (Lipinski definition) is 4. The minimum Gasteiger partial charge on any atom is -0.507 e.